The topological polar surface area (TPSA) is 46.2 Å². The van der Waals surface area contributed by atoms with Crippen LogP contribution in [0.4, 0.5) is 10.1 Å². The predicted molar refractivity (Wildman–Crippen MR) is 68.0 cm³/mol. The first-order chi connectivity index (χ1) is 7.95. The largest absolute Gasteiger partial charge is 0.326 e. The number of benzene rings is 1. The highest BCUT2D eigenvalue weighted by Gasteiger charge is 2.18. The van der Waals surface area contributed by atoms with Crippen LogP contribution in [0.25, 0.3) is 0 Å². The molecule has 92 valence electrons. The molecule has 1 aromatic rings. The second kappa shape index (κ2) is 5.91. The summed E-state index contributed by atoms with van der Waals surface area (Å²) in [5, 5.41) is 2.94. The number of halogens is 2. The molecular formula is C12H13BrFNO2. The van der Waals surface area contributed by atoms with Crippen molar-refractivity contribution in [2.75, 3.05) is 10.6 Å². The normalized spacial score (nSPS) is 12.0. The van der Waals surface area contributed by atoms with E-state index in [1.54, 1.807) is 6.92 Å². The van der Waals surface area contributed by atoms with E-state index in [4.69, 9.17) is 0 Å². The number of amides is 1. The molecule has 0 aliphatic heterocycles. The molecule has 1 amide bonds. The minimum Gasteiger partial charge on any atom is -0.326 e. The minimum atomic E-state index is -0.617. The molecule has 0 saturated heterocycles. The molecule has 0 aliphatic carbocycles. The van der Waals surface area contributed by atoms with Gasteiger partial charge in [0.15, 0.2) is 5.78 Å². The Balaban J connectivity index is 2.97. The molecule has 0 spiro atoms. The minimum absolute atomic E-state index is 0.0473. The number of nitrogens with one attached hydrogen (secondary N) is 1. The first kappa shape index (κ1) is 13.8. The lowest BCUT2D eigenvalue weighted by Crippen LogP contribution is -2.14. The van der Waals surface area contributed by atoms with Crippen molar-refractivity contribution in [3.05, 3.63) is 29.6 Å². The number of hydrogen-bond acceptors (Lipinski definition) is 2. The van der Waals surface area contributed by atoms with Crippen LogP contribution in [0.3, 0.4) is 0 Å². The molecule has 17 heavy (non-hydrogen) atoms. The average Bonchev–Trinajstić information content (AvgIpc) is 2.26. The van der Waals surface area contributed by atoms with E-state index in [-0.39, 0.29) is 23.2 Å². The number of anilines is 1. The third kappa shape index (κ3) is 3.63. The van der Waals surface area contributed by atoms with Crippen LogP contribution in [-0.2, 0) is 4.79 Å². The summed E-state index contributed by atoms with van der Waals surface area (Å²) < 4.78 is 13.7. The molecule has 0 aromatic heterocycles. The fraction of sp³-hybridized carbons (Fsp3) is 0.333. The third-order valence-corrected chi connectivity index (χ3v) is 3.21. The van der Waals surface area contributed by atoms with Gasteiger partial charge in [-0.1, -0.05) is 22.9 Å². The number of carbonyl (C=O) groups is 2. The highest BCUT2D eigenvalue weighted by Crippen LogP contribution is 2.18. The van der Waals surface area contributed by atoms with Crippen LogP contribution in [-0.4, -0.2) is 17.0 Å². The smallest absolute Gasteiger partial charge is 0.221 e. The van der Waals surface area contributed by atoms with Crippen LogP contribution in [0.15, 0.2) is 18.2 Å². The van der Waals surface area contributed by atoms with Gasteiger partial charge in [-0.05, 0) is 18.2 Å². The summed E-state index contributed by atoms with van der Waals surface area (Å²) in [4.78, 5) is 22.6. The summed E-state index contributed by atoms with van der Waals surface area (Å²) in [5.74, 6) is -1.43. The van der Waals surface area contributed by atoms with Gasteiger partial charge in [-0.15, -0.1) is 0 Å². The molecule has 1 atom stereocenters. The van der Waals surface area contributed by atoms with Crippen molar-refractivity contribution in [1.82, 2.24) is 0 Å². The number of alkyl halides is 1. The summed E-state index contributed by atoms with van der Waals surface area (Å²) >= 11 is 3.18. The molecule has 3 nitrogen and oxygen atoms in total. The maximum absolute atomic E-state index is 13.7. The van der Waals surface area contributed by atoms with Gasteiger partial charge in [0.2, 0.25) is 5.91 Å². The second-order valence-electron chi connectivity index (χ2n) is 3.80. The highest BCUT2D eigenvalue weighted by molar-refractivity contribution is 9.09. The number of hydrogen-bond donors (Lipinski definition) is 1. The summed E-state index contributed by atoms with van der Waals surface area (Å²) in [6, 6.07) is 4.05. The molecule has 0 bridgehead atoms. The van der Waals surface area contributed by atoms with Gasteiger partial charge in [-0.2, -0.15) is 0 Å². The third-order valence-electron chi connectivity index (χ3n) is 2.23. The van der Waals surface area contributed by atoms with Crippen LogP contribution in [0.1, 0.15) is 24.2 Å². The second-order valence-corrected chi connectivity index (χ2v) is 4.44. The zero-order chi connectivity index (χ0) is 13.0. The van der Waals surface area contributed by atoms with E-state index in [1.807, 2.05) is 0 Å². The van der Waals surface area contributed by atoms with Crippen molar-refractivity contribution >= 4 is 33.3 Å². The number of carbonyl (C=O) groups excluding carboxylic acids is 2. The van der Waals surface area contributed by atoms with Crippen molar-refractivity contribution in [3.63, 3.8) is 0 Å². The van der Waals surface area contributed by atoms with Crippen molar-refractivity contribution in [2.45, 2.75) is 13.8 Å². The van der Waals surface area contributed by atoms with E-state index in [2.05, 4.69) is 21.2 Å². The standard InChI is InChI=1S/C12H13BrFNO2/c1-7(6-13)12(17)10-4-3-9(5-11(10)14)15-8(2)16/h3-5,7H,6H2,1-2H3,(H,15,16). The monoisotopic (exact) mass is 301 g/mol. The average molecular weight is 302 g/mol. The fourth-order valence-electron chi connectivity index (χ4n) is 1.33. The molecule has 0 heterocycles. The van der Waals surface area contributed by atoms with Gasteiger partial charge >= 0.3 is 0 Å². The van der Waals surface area contributed by atoms with Crippen LogP contribution < -0.4 is 5.32 Å². The van der Waals surface area contributed by atoms with Gasteiger partial charge in [0.25, 0.3) is 0 Å². The summed E-state index contributed by atoms with van der Waals surface area (Å²) in [5.41, 5.74) is 0.393. The van der Waals surface area contributed by atoms with Crippen LogP contribution in [0, 0.1) is 11.7 Å². The van der Waals surface area contributed by atoms with Gasteiger partial charge in [-0.3, -0.25) is 9.59 Å². The number of ketones is 1. The number of Topliss-reactive ketones (excluding diaryl/α,β-unsaturated/α-hetero) is 1. The quantitative estimate of drug-likeness (QED) is 0.686. The van der Waals surface area contributed by atoms with Crippen molar-refractivity contribution in [2.24, 2.45) is 5.92 Å². The molecule has 1 aromatic carbocycles. The van der Waals surface area contributed by atoms with E-state index in [9.17, 15) is 14.0 Å². The Bertz CT molecular complexity index is 448. The molecule has 1 unspecified atom stereocenters. The Morgan fingerprint density at radius 1 is 1.47 bits per heavy atom. The number of rotatable bonds is 4. The van der Waals surface area contributed by atoms with Gasteiger partial charge in [0.1, 0.15) is 5.82 Å². The van der Waals surface area contributed by atoms with E-state index in [0.29, 0.717) is 11.0 Å². The van der Waals surface area contributed by atoms with Crippen molar-refractivity contribution in [1.29, 1.82) is 0 Å². The van der Waals surface area contributed by atoms with Gasteiger partial charge in [0, 0.05) is 23.9 Å². The first-order valence-electron chi connectivity index (χ1n) is 5.13. The van der Waals surface area contributed by atoms with E-state index >= 15 is 0 Å². The van der Waals surface area contributed by atoms with Gasteiger partial charge in [0.05, 0.1) is 5.56 Å². The summed E-state index contributed by atoms with van der Waals surface area (Å²) in [7, 11) is 0. The Hall–Kier alpha value is -1.23. The summed E-state index contributed by atoms with van der Waals surface area (Å²) in [6.45, 7) is 3.06. The lowest BCUT2D eigenvalue weighted by molar-refractivity contribution is -0.114. The molecule has 0 radical (unpaired) electrons. The molecule has 1 N–H and O–H groups in total. The van der Waals surface area contributed by atoms with E-state index in [1.165, 1.54) is 19.1 Å². The fourth-order valence-corrected chi connectivity index (χ4v) is 1.63. The summed E-state index contributed by atoms with van der Waals surface area (Å²) in [6.07, 6.45) is 0. The Morgan fingerprint density at radius 2 is 2.12 bits per heavy atom. The molecule has 1 rings (SSSR count). The van der Waals surface area contributed by atoms with Crippen molar-refractivity contribution < 1.29 is 14.0 Å². The first-order valence-corrected chi connectivity index (χ1v) is 6.25. The Labute approximate surface area is 108 Å². The van der Waals surface area contributed by atoms with Gasteiger partial charge in [-0.25, -0.2) is 4.39 Å². The lowest BCUT2D eigenvalue weighted by atomic mass is 10.0. The molecule has 5 heteroatoms. The Morgan fingerprint density at radius 3 is 2.59 bits per heavy atom. The Kier molecular flexibility index (Phi) is 4.81. The molecule has 0 aliphatic rings. The maximum Gasteiger partial charge on any atom is 0.221 e. The maximum atomic E-state index is 13.7. The SMILES string of the molecule is CC(=O)Nc1ccc(C(=O)C(C)CBr)c(F)c1. The molecule has 0 fully saturated rings. The highest BCUT2D eigenvalue weighted by atomic mass is 79.9. The van der Waals surface area contributed by atoms with E-state index in [0.717, 1.165) is 6.07 Å². The van der Waals surface area contributed by atoms with Crippen LogP contribution >= 0.6 is 15.9 Å². The van der Waals surface area contributed by atoms with Crippen LogP contribution in [0.5, 0.6) is 0 Å². The molecule has 0 saturated carbocycles. The lowest BCUT2D eigenvalue weighted by Gasteiger charge is -2.09. The van der Waals surface area contributed by atoms with Gasteiger partial charge < -0.3 is 5.32 Å². The zero-order valence-electron chi connectivity index (χ0n) is 9.59. The molecular weight excluding hydrogens is 289 g/mol. The predicted octanol–water partition coefficient (Wildman–Crippen LogP) is 3.00. The van der Waals surface area contributed by atoms with E-state index < -0.39 is 5.82 Å². The van der Waals surface area contributed by atoms with Crippen LogP contribution in [0.2, 0.25) is 0 Å². The van der Waals surface area contributed by atoms with Crippen molar-refractivity contribution in [3.8, 4) is 0 Å². The zero-order valence-corrected chi connectivity index (χ0v) is 11.2.